The van der Waals surface area contributed by atoms with Crippen LogP contribution in [-0.2, 0) is 14.3 Å². The minimum Gasteiger partial charge on any atom is -0.466 e. The molecule has 0 saturated carbocycles. The molecule has 0 aromatic rings. The number of hydrogen-bond donors (Lipinski definition) is 1. The van der Waals surface area contributed by atoms with Crippen molar-refractivity contribution in [3.63, 3.8) is 0 Å². The molecule has 0 radical (unpaired) electrons. The molecule has 19 heavy (non-hydrogen) atoms. The van der Waals surface area contributed by atoms with Crippen molar-refractivity contribution in [2.45, 2.75) is 38.8 Å². The lowest BCUT2D eigenvalue weighted by molar-refractivity contribution is -0.136. The lowest BCUT2D eigenvalue weighted by atomic mass is 10.0. The first-order valence-corrected chi connectivity index (χ1v) is 6.11. The fourth-order valence-electron chi connectivity index (χ4n) is 1.87. The fourth-order valence-corrected chi connectivity index (χ4v) is 1.87. The van der Waals surface area contributed by atoms with Crippen molar-refractivity contribution in [1.82, 2.24) is 5.32 Å². The summed E-state index contributed by atoms with van der Waals surface area (Å²) in [4.78, 5) is 23.0. The molecule has 5 nitrogen and oxygen atoms in total. The summed E-state index contributed by atoms with van der Waals surface area (Å²) in [6.45, 7) is 4.59. The topological polar surface area (TPSA) is 64.6 Å². The summed E-state index contributed by atoms with van der Waals surface area (Å²) >= 11 is 0. The maximum atomic E-state index is 12.9. The molecular formula is C13H20FNO4. The Kier molecular flexibility index (Phi) is 4.91. The van der Waals surface area contributed by atoms with Gasteiger partial charge >= 0.3 is 12.1 Å². The zero-order chi connectivity index (χ0) is 14.6. The Bertz CT molecular complexity index is 387. The molecular weight excluding hydrogens is 253 g/mol. The minimum absolute atomic E-state index is 0.254. The lowest BCUT2D eigenvalue weighted by Crippen LogP contribution is -2.41. The van der Waals surface area contributed by atoms with E-state index in [4.69, 9.17) is 4.74 Å². The van der Waals surface area contributed by atoms with Crippen LogP contribution in [0.2, 0.25) is 0 Å². The average Bonchev–Trinajstić information content (AvgIpc) is 2.68. The van der Waals surface area contributed by atoms with E-state index >= 15 is 0 Å². The van der Waals surface area contributed by atoms with Gasteiger partial charge in [-0.1, -0.05) is 6.08 Å². The number of halogens is 1. The van der Waals surface area contributed by atoms with Crippen molar-refractivity contribution >= 4 is 12.1 Å². The SMILES string of the molecule is COC(=O)C1=CC(NC(=O)OC(C)(C)C)C(CF)C1. The second-order valence-electron chi connectivity index (χ2n) is 5.47. The maximum absolute atomic E-state index is 12.9. The molecule has 1 rings (SSSR count). The predicted octanol–water partition coefficient (Wildman–Crippen LogP) is 1.97. The Morgan fingerprint density at radius 3 is 2.58 bits per heavy atom. The van der Waals surface area contributed by atoms with Crippen LogP contribution in [-0.4, -0.2) is 37.5 Å². The summed E-state index contributed by atoms with van der Waals surface area (Å²) in [7, 11) is 1.27. The number of carbonyl (C=O) groups excluding carboxylic acids is 2. The highest BCUT2D eigenvalue weighted by molar-refractivity contribution is 5.89. The highest BCUT2D eigenvalue weighted by Crippen LogP contribution is 2.27. The van der Waals surface area contributed by atoms with Gasteiger partial charge in [0.1, 0.15) is 5.60 Å². The van der Waals surface area contributed by atoms with Crippen LogP contribution in [0.1, 0.15) is 27.2 Å². The van der Waals surface area contributed by atoms with Gasteiger partial charge in [0.2, 0.25) is 0 Å². The Morgan fingerprint density at radius 1 is 1.47 bits per heavy atom. The number of alkyl halides is 1. The number of ether oxygens (including phenoxy) is 2. The zero-order valence-electron chi connectivity index (χ0n) is 11.7. The van der Waals surface area contributed by atoms with Gasteiger partial charge in [-0.15, -0.1) is 0 Å². The van der Waals surface area contributed by atoms with Crippen molar-refractivity contribution in [3.05, 3.63) is 11.6 Å². The van der Waals surface area contributed by atoms with Crippen LogP contribution in [0.25, 0.3) is 0 Å². The second kappa shape index (κ2) is 6.04. The van der Waals surface area contributed by atoms with Crippen LogP contribution in [0, 0.1) is 5.92 Å². The van der Waals surface area contributed by atoms with Gasteiger partial charge in [0, 0.05) is 11.5 Å². The highest BCUT2D eigenvalue weighted by atomic mass is 19.1. The third kappa shape index (κ3) is 4.54. The number of hydrogen-bond acceptors (Lipinski definition) is 4. The predicted molar refractivity (Wildman–Crippen MR) is 67.3 cm³/mol. The molecule has 1 amide bonds. The number of rotatable bonds is 3. The number of carbonyl (C=O) groups is 2. The number of esters is 1. The van der Waals surface area contributed by atoms with Crippen molar-refractivity contribution in [2.24, 2.45) is 5.92 Å². The first-order chi connectivity index (χ1) is 8.76. The number of nitrogens with one attached hydrogen (secondary N) is 1. The van der Waals surface area contributed by atoms with Gasteiger partial charge in [0.25, 0.3) is 0 Å². The van der Waals surface area contributed by atoms with Crippen LogP contribution in [0.5, 0.6) is 0 Å². The van der Waals surface area contributed by atoms with Crippen LogP contribution in [0.3, 0.4) is 0 Å². The van der Waals surface area contributed by atoms with Gasteiger partial charge in [-0.2, -0.15) is 0 Å². The van der Waals surface area contributed by atoms with Gasteiger partial charge in [-0.3, -0.25) is 4.39 Å². The Balaban J connectivity index is 2.67. The molecule has 108 valence electrons. The summed E-state index contributed by atoms with van der Waals surface area (Å²) in [6, 6.07) is -0.547. The monoisotopic (exact) mass is 273 g/mol. The van der Waals surface area contributed by atoms with Crippen molar-refractivity contribution < 1.29 is 23.5 Å². The van der Waals surface area contributed by atoms with E-state index in [1.807, 2.05) is 0 Å². The van der Waals surface area contributed by atoms with Crippen molar-refractivity contribution in [3.8, 4) is 0 Å². The van der Waals surface area contributed by atoms with E-state index in [9.17, 15) is 14.0 Å². The second-order valence-corrected chi connectivity index (χ2v) is 5.47. The number of methoxy groups -OCH3 is 1. The molecule has 0 saturated heterocycles. The first kappa shape index (κ1) is 15.5. The minimum atomic E-state index is -0.628. The fraction of sp³-hybridized carbons (Fsp3) is 0.692. The van der Waals surface area contributed by atoms with Crippen LogP contribution >= 0.6 is 0 Å². The van der Waals surface area contributed by atoms with E-state index in [0.717, 1.165) is 0 Å². The van der Waals surface area contributed by atoms with Gasteiger partial charge < -0.3 is 14.8 Å². The smallest absolute Gasteiger partial charge is 0.408 e. The largest absolute Gasteiger partial charge is 0.466 e. The summed E-state index contributed by atoms with van der Waals surface area (Å²) in [5.41, 5.74) is -0.241. The Morgan fingerprint density at radius 2 is 2.11 bits per heavy atom. The van der Waals surface area contributed by atoms with E-state index in [2.05, 4.69) is 10.1 Å². The molecule has 0 fully saturated rings. The molecule has 2 unspecified atom stereocenters. The molecule has 0 heterocycles. The summed E-state index contributed by atoms with van der Waals surface area (Å²) < 4.78 is 22.6. The van der Waals surface area contributed by atoms with E-state index in [0.29, 0.717) is 5.57 Å². The number of alkyl carbamates (subject to hydrolysis) is 1. The molecule has 1 N–H and O–H groups in total. The molecule has 1 aliphatic carbocycles. The van der Waals surface area contributed by atoms with Crippen LogP contribution in [0.4, 0.5) is 9.18 Å². The highest BCUT2D eigenvalue weighted by Gasteiger charge is 2.33. The van der Waals surface area contributed by atoms with Gasteiger partial charge in [-0.25, -0.2) is 9.59 Å². The van der Waals surface area contributed by atoms with Gasteiger partial charge in [-0.05, 0) is 27.2 Å². The van der Waals surface area contributed by atoms with Crippen LogP contribution < -0.4 is 5.32 Å². The standard InChI is InChI=1S/C13H20FNO4/c1-13(2,3)19-12(17)15-10-6-8(11(16)18-4)5-9(10)7-14/h6,9-10H,5,7H2,1-4H3,(H,15,17). The number of amides is 1. The summed E-state index contributed by atoms with van der Waals surface area (Å²) in [6.07, 6.45) is 1.15. The molecule has 6 heteroatoms. The molecule has 0 aromatic carbocycles. The molecule has 0 aliphatic heterocycles. The van der Waals surface area contributed by atoms with Crippen LogP contribution in [0.15, 0.2) is 11.6 Å². The van der Waals surface area contributed by atoms with Gasteiger partial charge in [0.15, 0.2) is 0 Å². The molecule has 1 aliphatic rings. The molecule has 0 aromatic heterocycles. The van der Waals surface area contributed by atoms with Gasteiger partial charge in [0.05, 0.1) is 19.8 Å². The third-order valence-electron chi connectivity index (χ3n) is 2.70. The zero-order valence-corrected chi connectivity index (χ0v) is 11.7. The summed E-state index contributed by atoms with van der Waals surface area (Å²) in [5, 5.41) is 2.56. The van der Waals surface area contributed by atoms with E-state index in [1.165, 1.54) is 13.2 Å². The van der Waals surface area contributed by atoms with E-state index in [-0.39, 0.29) is 6.42 Å². The molecule has 0 bridgehead atoms. The first-order valence-electron chi connectivity index (χ1n) is 6.11. The average molecular weight is 273 g/mol. The van der Waals surface area contributed by atoms with E-state index in [1.54, 1.807) is 20.8 Å². The van der Waals surface area contributed by atoms with E-state index < -0.39 is 36.3 Å². The molecule has 2 atom stereocenters. The molecule has 0 spiro atoms. The van der Waals surface area contributed by atoms with Crippen molar-refractivity contribution in [1.29, 1.82) is 0 Å². The quantitative estimate of drug-likeness (QED) is 0.798. The summed E-state index contributed by atoms with van der Waals surface area (Å²) in [5.74, 6) is -0.950. The van der Waals surface area contributed by atoms with Crippen molar-refractivity contribution in [2.75, 3.05) is 13.8 Å². The lowest BCUT2D eigenvalue weighted by Gasteiger charge is -2.23. The third-order valence-corrected chi connectivity index (χ3v) is 2.70. The Hall–Kier alpha value is -1.59. The Labute approximate surface area is 112 Å². The maximum Gasteiger partial charge on any atom is 0.408 e. The normalized spacial score (nSPS) is 22.7.